The summed E-state index contributed by atoms with van der Waals surface area (Å²) in [5.74, 6) is -0.265. The van der Waals surface area contributed by atoms with Crippen LogP contribution in [-0.4, -0.2) is 17.9 Å². The van der Waals surface area contributed by atoms with Crippen LogP contribution in [0.25, 0.3) is 0 Å². The van der Waals surface area contributed by atoms with Crippen molar-refractivity contribution in [3.63, 3.8) is 0 Å². The van der Waals surface area contributed by atoms with Gasteiger partial charge in [-0.05, 0) is 42.5 Å². The van der Waals surface area contributed by atoms with Crippen LogP contribution < -0.4 is 0 Å². The Kier molecular flexibility index (Phi) is 3.91. The molecule has 1 saturated carbocycles. The Morgan fingerprint density at radius 3 is 2.33 bits per heavy atom. The zero-order chi connectivity index (χ0) is 15.8. The molecule has 2 rings (SSSR count). The van der Waals surface area contributed by atoms with E-state index in [9.17, 15) is 14.0 Å². The summed E-state index contributed by atoms with van der Waals surface area (Å²) in [5.41, 5.74) is -1.24. The van der Waals surface area contributed by atoms with E-state index < -0.39 is 22.8 Å². The van der Waals surface area contributed by atoms with E-state index in [0.717, 1.165) is 6.29 Å². The van der Waals surface area contributed by atoms with Gasteiger partial charge in [-0.1, -0.05) is 27.7 Å². The topological polar surface area (TPSA) is 43.4 Å². The number of carbonyl (C=O) groups excluding carboxylic acids is 2. The Hall–Kier alpha value is -1.71. The maximum absolute atomic E-state index is 12.9. The van der Waals surface area contributed by atoms with Gasteiger partial charge in [0.25, 0.3) is 0 Å². The molecule has 4 heteroatoms. The maximum Gasteiger partial charge on any atom is 0.339 e. The Morgan fingerprint density at radius 2 is 1.90 bits per heavy atom. The first-order valence-electron chi connectivity index (χ1n) is 7.19. The van der Waals surface area contributed by atoms with Crippen LogP contribution in [0.5, 0.6) is 0 Å². The number of aldehydes is 1. The van der Waals surface area contributed by atoms with Crippen LogP contribution in [0.15, 0.2) is 24.3 Å². The number of rotatable bonds is 4. The smallest absolute Gasteiger partial charge is 0.339 e. The molecule has 0 bridgehead atoms. The molecule has 0 saturated heterocycles. The van der Waals surface area contributed by atoms with Crippen molar-refractivity contribution in [3.8, 4) is 0 Å². The van der Waals surface area contributed by atoms with E-state index in [4.69, 9.17) is 4.74 Å². The van der Waals surface area contributed by atoms with Crippen LogP contribution in [0.3, 0.4) is 0 Å². The van der Waals surface area contributed by atoms with Gasteiger partial charge in [-0.15, -0.1) is 0 Å². The van der Waals surface area contributed by atoms with Crippen LogP contribution >= 0.6 is 0 Å². The average molecular weight is 292 g/mol. The normalized spacial score (nSPS) is 27.0. The van der Waals surface area contributed by atoms with E-state index in [1.807, 2.05) is 13.8 Å². The second-order valence-corrected chi connectivity index (χ2v) is 6.68. The minimum Gasteiger partial charge on any atom is -0.447 e. The summed E-state index contributed by atoms with van der Waals surface area (Å²) in [6.07, 6.45) is 1.28. The summed E-state index contributed by atoms with van der Waals surface area (Å²) in [6.45, 7) is 8.10. The SMILES string of the molecule is CC(C)[C@H]1C[C@](C=O)(OC(=O)c2ccc(F)cc2)C1(C)C. The van der Waals surface area contributed by atoms with Crippen molar-refractivity contribution in [1.82, 2.24) is 0 Å². The summed E-state index contributed by atoms with van der Waals surface area (Å²) in [7, 11) is 0. The molecule has 1 fully saturated rings. The van der Waals surface area contributed by atoms with E-state index >= 15 is 0 Å². The summed E-state index contributed by atoms with van der Waals surface area (Å²) in [4.78, 5) is 23.8. The van der Waals surface area contributed by atoms with Crippen molar-refractivity contribution in [2.45, 2.75) is 39.7 Å². The van der Waals surface area contributed by atoms with Crippen molar-refractivity contribution in [1.29, 1.82) is 0 Å². The van der Waals surface area contributed by atoms with Gasteiger partial charge < -0.3 is 4.74 Å². The molecule has 1 aromatic carbocycles. The molecule has 3 nitrogen and oxygen atoms in total. The Morgan fingerprint density at radius 1 is 1.33 bits per heavy atom. The molecule has 0 heterocycles. The van der Waals surface area contributed by atoms with Crippen molar-refractivity contribution in [2.24, 2.45) is 17.3 Å². The third-order valence-electron chi connectivity index (χ3n) is 4.89. The van der Waals surface area contributed by atoms with Crippen LogP contribution in [0.2, 0.25) is 0 Å². The molecule has 1 aliphatic carbocycles. The highest BCUT2D eigenvalue weighted by atomic mass is 19.1. The van der Waals surface area contributed by atoms with Crippen molar-refractivity contribution >= 4 is 12.3 Å². The van der Waals surface area contributed by atoms with E-state index in [1.54, 1.807) is 0 Å². The van der Waals surface area contributed by atoms with E-state index in [0.29, 0.717) is 18.3 Å². The third-order valence-corrected chi connectivity index (χ3v) is 4.89. The summed E-state index contributed by atoms with van der Waals surface area (Å²) >= 11 is 0. The highest BCUT2D eigenvalue weighted by Gasteiger charge is 2.63. The van der Waals surface area contributed by atoms with Crippen LogP contribution in [0.1, 0.15) is 44.5 Å². The quantitative estimate of drug-likeness (QED) is 0.629. The molecule has 1 aliphatic rings. The lowest BCUT2D eigenvalue weighted by Gasteiger charge is -2.59. The van der Waals surface area contributed by atoms with E-state index in [2.05, 4.69) is 13.8 Å². The molecule has 21 heavy (non-hydrogen) atoms. The minimum atomic E-state index is -1.09. The molecule has 0 aliphatic heterocycles. The number of hydrogen-bond acceptors (Lipinski definition) is 3. The van der Waals surface area contributed by atoms with Gasteiger partial charge in [0.15, 0.2) is 11.9 Å². The predicted molar refractivity (Wildman–Crippen MR) is 77.3 cm³/mol. The molecular weight excluding hydrogens is 271 g/mol. The number of hydrogen-bond donors (Lipinski definition) is 0. The number of halogens is 1. The van der Waals surface area contributed by atoms with E-state index in [-0.39, 0.29) is 5.56 Å². The second-order valence-electron chi connectivity index (χ2n) is 6.68. The molecule has 0 aromatic heterocycles. The Bertz CT molecular complexity index is 548. The number of ether oxygens (including phenoxy) is 1. The number of benzene rings is 1. The van der Waals surface area contributed by atoms with Gasteiger partial charge >= 0.3 is 5.97 Å². The molecule has 2 atom stereocenters. The fourth-order valence-corrected chi connectivity index (χ4v) is 3.30. The van der Waals surface area contributed by atoms with Crippen LogP contribution in [0.4, 0.5) is 4.39 Å². The lowest BCUT2D eigenvalue weighted by molar-refractivity contribution is -0.197. The first-order valence-corrected chi connectivity index (χ1v) is 7.19. The molecule has 0 spiro atoms. The Labute approximate surface area is 124 Å². The maximum atomic E-state index is 12.9. The number of esters is 1. The Balaban J connectivity index is 2.19. The molecular formula is C17H21FO3. The fraction of sp³-hybridized carbons (Fsp3) is 0.529. The molecule has 0 amide bonds. The van der Waals surface area contributed by atoms with Gasteiger partial charge in [0.05, 0.1) is 5.56 Å². The second kappa shape index (κ2) is 5.24. The molecule has 1 aromatic rings. The van der Waals surface area contributed by atoms with Gasteiger partial charge in [0.2, 0.25) is 0 Å². The highest BCUT2D eigenvalue weighted by molar-refractivity contribution is 5.91. The van der Waals surface area contributed by atoms with Crippen molar-refractivity contribution in [2.75, 3.05) is 0 Å². The van der Waals surface area contributed by atoms with Crippen molar-refractivity contribution < 1.29 is 18.7 Å². The summed E-state index contributed by atoms with van der Waals surface area (Å²) in [5, 5.41) is 0. The lowest BCUT2D eigenvalue weighted by atomic mass is 9.49. The van der Waals surface area contributed by atoms with Gasteiger partial charge in [-0.25, -0.2) is 9.18 Å². The molecule has 0 unspecified atom stereocenters. The largest absolute Gasteiger partial charge is 0.447 e. The minimum absolute atomic E-state index is 0.251. The van der Waals surface area contributed by atoms with Gasteiger partial charge in [0.1, 0.15) is 5.82 Å². The van der Waals surface area contributed by atoms with Crippen LogP contribution in [-0.2, 0) is 9.53 Å². The predicted octanol–water partition coefficient (Wildman–Crippen LogP) is 3.62. The lowest BCUT2D eigenvalue weighted by Crippen LogP contribution is -2.65. The highest BCUT2D eigenvalue weighted by Crippen LogP contribution is 2.58. The first kappa shape index (κ1) is 15.7. The molecule has 0 N–H and O–H groups in total. The zero-order valence-electron chi connectivity index (χ0n) is 12.9. The van der Waals surface area contributed by atoms with Gasteiger partial charge in [-0.2, -0.15) is 0 Å². The van der Waals surface area contributed by atoms with Gasteiger partial charge in [0, 0.05) is 5.41 Å². The van der Waals surface area contributed by atoms with Gasteiger partial charge in [-0.3, -0.25) is 4.79 Å². The summed E-state index contributed by atoms with van der Waals surface area (Å²) < 4.78 is 18.4. The monoisotopic (exact) mass is 292 g/mol. The first-order chi connectivity index (χ1) is 9.73. The van der Waals surface area contributed by atoms with Crippen LogP contribution in [0, 0.1) is 23.1 Å². The zero-order valence-corrected chi connectivity index (χ0v) is 12.9. The number of carbonyl (C=O) groups is 2. The molecule has 114 valence electrons. The standard InChI is InChI=1S/C17H21FO3/c1-11(2)14-9-17(10-19,16(14,3)4)21-15(20)12-5-7-13(18)8-6-12/h5-8,10-11,14H,9H2,1-4H3/t14-,17-/m1/s1. The summed E-state index contributed by atoms with van der Waals surface area (Å²) in [6, 6.07) is 5.13. The fourth-order valence-electron chi connectivity index (χ4n) is 3.30. The van der Waals surface area contributed by atoms with Crippen molar-refractivity contribution in [3.05, 3.63) is 35.6 Å². The average Bonchev–Trinajstić information content (AvgIpc) is 2.42. The molecule has 0 radical (unpaired) electrons. The third kappa shape index (κ3) is 2.47. The van der Waals surface area contributed by atoms with E-state index in [1.165, 1.54) is 24.3 Å².